The maximum atomic E-state index is 12.1. The summed E-state index contributed by atoms with van der Waals surface area (Å²) in [4.78, 5) is 21.2. The van der Waals surface area contributed by atoms with Crippen molar-refractivity contribution in [2.24, 2.45) is 12.5 Å². The van der Waals surface area contributed by atoms with Crippen molar-refractivity contribution >= 4 is 34.2 Å². The van der Waals surface area contributed by atoms with Gasteiger partial charge >= 0.3 is 0 Å². The maximum absolute atomic E-state index is 12.1. The van der Waals surface area contributed by atoms with Crippen LogP contribution in [0.5, 0.6) is 0 Å². The van der Waals surface area contributed by atoms with Crippen LogP contribution in [0.2, 0.25) is 5.02 Å². The molecule has 4 heterocycles. The third kappa shape index (κ3) is 3.98. The van der Waals surface area contributed by atoms with E-state index in [-0.39, 0.29) is 11.3 Å². The summed E-state index contributed by atoms with van der Waals surface area (Å²) in [5, 5.41) is 16.6. The normalized spacial score (nSPS) is 16.0. The lowest BCUT2D eigenvalue weighted by Gasteiger charge is -2.47. The van der Waals surface area contributed by atoms with Crippen LogP contribution in [0, 0.1) is 30.6 Å². The summed E-state index contributed by atoms with van der Waals surface area (Å²) < 4.78 is 1.89. The second-order valence-electron chi connectivity index (χ2n) is 10.7. The molecule has 4 aromatic rings. The van der Waals surface area contributed by atoms with E-state index in [1.54, 1.807) is 0 Å². The van der Waals surface area contributed by atoms with Crippen molar-refractivity contribution in [2.45, 2.75) is 20.3 Å². The quantitative estimate of drug-likeness (QED) is 0.314. The number of pyridine rings is 1. The van der Waals surface area contributed by atoms with E-state index in [9.17, 15) is 10.1 Å². The van der Waals surface area contributed by atoms with Gasteiger partial charge in [0.1, 0.15) is 17.5 Å². The van der Waals surface area contributed by atoms with Crippen LogP contribution in [0.4, 0.5) is 5.82 Å². The zero-order valence-electron chi connectivity index (χ0n) is 22.3. The number of aromatic nitrogens is 3. The SMILES string of the molecule is C=CC(=O)N1CC2(CCN(c3nc4cc(-c5c(C)nn(C)c5C)ccc4c(-c4ccccc4Cl)c3C#N)C2)C1. The van der Waals surface area contributed by atoms with Crippen molar-refractivity contribution in [1.82, 2.24) is 19.7 Å². The molecule has 39 heavy (non-hydrogen) atoms. The second kappa shape index (κ2) is 9.25. The fraction of sp³-hybridized carbons (Fsp3) is 0.290. The molecule has 0 bridgehead atoms. The van der Waals surface area contributed by atoms with E-state index < -0.39 is 0 Å². The lowest BCUT2D eigenvalue weighted by atomic mass is 9.79. The number of likely N-dealkylation sites (tertiary alicyclic amines) is 1. The van der Waals surface area contributed by atoms with Crippen LogP contribution >= 0.6 is 11.6 Å². The van der Waals surface area contributed by atoms with Gasteiger partial charge in [0.2, 0.25) is 5.91 Å². The summed E-state index contributed by atoms with van der Waals surface area (Å²) in [6.45, 7) is 10.6. The zero-order valence-corrected chi connectivity index (χ0v) is 23.1. The van der Waals surface area contributed by atoms with Gasteiger partial charge in [-0.3, -0.25) is 9.48 Å². The van der Waals surface area contributed by atoms with E-state index in [0.29, 0.717) is 29.5 Å². The fourth-order valence-electron chi connectivity index (χ4n) is 6.30. The number of nitrogens with zero attached hydrogens (tertiary/aromatic N) is 6. The van der Waals surface area contributed by atoms with E-state index in [1.807, 2.05) is 53.9 Å². The number of hydrogen-bond donors (Lipinski definition) is 0. The Kier molecular flexibility index (Phi) is 5.96. The average Bonchev–Trinajstić information content (AvgIpc) is 3.47. The van der Waals surface area contributed by atoms with E-state index >= 15 is 0 Å². The van der Waals surface area contributed by atoms with Crippen LogP contribution in [0.1, 0.15) is 23.4 Å². The summed E-state index contributed by atoms with van der Waals surface area (Å²) in [6.07, 6.45) is 2.31. The largest absolute Gasteiger partial charge is 0.355 e. The first-order valence-electron chi connectivity index (χ1n) is 13.0. The zero-order chi connectivity index (χ0) is 27.5. The lowest BCUT2D eigenvalue weighted by Crippen LogP contribution is -2.59. The van der Waals surface area contributed by atoms with Crippen LogP contribution in [-0.4, -0.2) is 51.8 Å². The third-order valence-electron chi connectivity index (χ3n) is 8.30. The Morgan fingerprint density at radius 1 is 1.15 bits per heavy atom. The number of amides is 1. The van der Waals surface area contributed by atoms with Crippen LogP contribution < -0.4 is 4.90 Å². The molecule has 6 rings (SSSR count). The number of benzene rings is 2. The minimum absolute atomic E-state index is 0.0123. The predicted molar refractivity (Wildman–Crippen MR) is 155 cm³/mol. The van der Waals surface area contributed by atoms with Crippen molar-refractivity contribution in [3.63, 3.8) is 0 Å². The molecule has 0 unspecified atom stereocenters. The van der Waals surface area contributed by atoms with Gasteiger partial charge in [-0.25, -0.2) is 4.98 Å². The standard InChI is InChI=1S/C31H29ClN6O/c1-5-27(39)38-17-31(18-38)12-13-37(16-31)30-24(15-33)29(22-8-6-7-9-25(22)32)23-11-10-21(14-26(23)34-30)28-19(2)35-36(4)20(28)3/h5-11,14H,1,12-13,16-18H2,2-4H3. The van der Waals surface area contributed by atoms with E-state index in [1.165, 1.54) is 6.08 Å². The number of anilines is 1. The summed E-state index contributed by atoms with van der Waals surface area (Å²) in [5.74, 6) is 0.636. The van der Waals surface area contributed by atoms with Gasteiger partial charge in [0, 0.05) is 71.4 Å². The predicted octanol–water partition coefficient (Wildman–Crippen LogP) is 5.67. The van der Waals surface area contributed by atoms with E-state index in [2.05, 4.69) is 41.7 Å². The van der Waals surface area contributed by atoms with Gasteiger partial charge < -0.3 is 9.80 Å². The van der Waals surface area contributed by atoms with Crippen molar-refractivity contribution in [3.8, 4) is 28.3 Å². The molecular formula is C31H29ClN6O. The Bertz CT molecular complexity index is 1710. The van der Waals surface area contributed by atoms with E-state index in [0.717, 1.165) is 64.1 Å². The van der Waals surface area contributed by atoms with Crippen molar-refractivity contribution in [1.29, 1.82) is 5.26 Å². The molecule has 2 aromatic carbocycles. The average molecular weight is 537 g/mol. The summed E-state index contributed by atoms with van der Waals surface area (Å²) in [7, 11) is 1.95. The van der Waals surface area contributed by atoms with Gasteiger partial charge in [-0.2, -0.15) is 10.4 Å². The molecule has 7 nitrogen and oxygen atoms in total. The van der Waals surface area contributed by atoms with E-state index in [4.69, 9.17) is 16.6 Å². The van der Waals surface area contributed by atoms with Crippen LogP contribution in [0.15, 0.2) is 55.1 Å². The number of halogens is 1. The Balaban J connectivity index is 1.52. The lowest BCUT2D eigenvalue weighted by molar-refractivity contribution is -0.136. The van der Waals surface area contributed by atoms with Gasteiger partial charge in [0.05, 0.1) is 11.2 Å². The molecule has 0 radical (unpaired) electrons. The molecule has 2 aliphatic heterocycles. The second-order valence-corrected chi connectivity index (χ2v) is 11.2. The minimum atomic E-state index is -0.0323. The molecule has 2 aliphatic rings. The first-order chi connectivity index (χ1) is 18.7. The molecule has 0 saturated carbocycles. The Hall–Kier alpha value is -4.15. The highest BCUT2D eigenvalue weighted by molar-refractivity contribution is 6.34. The first kappa shape index (κ1) is 25.1. The Morgan fingerprint density at radius 3 is 2.59 bits per heavy atom. The summed E-state index contributed by atoms with van der Waals surface area (Å²) in [6, 6.07) is 16.3. The molecule has 0 aliphatic carbocycles. The molecule has 2 saturated heterocycles. The van der Waals surface area contributed by atoms with Crippen molar-refractivity contribution in [3.05, 3.63) is 77.1 Å². The number of carbonyl (C=O) groups is 1. The van der Waals surface area contributed by atoms with Crippen LogP contribution in [0.3, 0.4) is 0 Å². The molecule has 0 atom stereocenters. The Labute approximate surface area is 232 Å². The fourth-order valence-corrected chi connectivity index (χ4v) is 6.53. The van der Waals surface area contributed by atoms with Gasteiger partial charge in [-0.1, -0.05) is 48.5 Å². The van der Waals surface area contributed by atoms with Gasteiger partial charge in [-0.05, 0) is 44.0 Å². The minimum Gasteiger partial charge on any atom is -0.355 e. The van der Waals surface area contributed by atoms with Crippen LogP contribution in [-0.2, 0) is 11.8 Å². The summed E-state index contributed by atoms with van der Waals surface area (Å²) >= 11 is 6.71. The van der Waals surface area contributed by atoms with Crippen molar-refractivity contribution in [2.75, 3.05) is 31.1 Å². The summed E-state index contributed by atoms with van der Waals surface area (Å²) in [5.41, 5.74) is 7.11. The van der Waals surface area contributed by atoms with Gasteiger partial charge in [0.25, 0.3) is 0 Å². The molecule has 1 amide bonds. The highest BCUT2D eigenvalue weighted by Gasteiger charge is 2.49. The number of carbonyl (C=O) groups excluding carboxylic acids is 1. The number of fused-ring (bicyclic) bond motifs is 1. The first-order valence-corrected chi connectivity index (χ1v) is 13.4. The monoisotopic (exact) mass is 536 g/mol. The smallest absolute Gasteiger partial charge is 0.245 e. The maximum Gasteiger partial charge on any atom is 0.245 e. The van der Waals surface area contributed by atoms with Gasteiger partial charge in [0.15, 0.2) is 0 Å². The highest BCUT2D eigenvalue weighted by Crippen LogP contribution is 2.45. The number of nitriles is 1. The number of aryl methyl sites for hydroxylation is 2. The molecule has 8 heteroatoms. The van der Waals surface area contributed by atoms with Gasteiger partial charge in [-0.15, -0.1) is 0 Å². The number of hydrogen-bond acceptors (Lipinski definition) is 5. The molecule has 1 spiro atoms. The molecule has 196 valence electrons. The number of rotatable bonds is 4. The third-order valence-corrected chi connectivity index (χ3v) is 8.63. The molecule has 0 N–H and O–H groups in total. The molecule has 2 aromatic heterocycles. The van der Waals surface area contributed by atoms with Crippen molar-refractivity contribution < 1.29 is 4.79 Å². The topological polar surface area (TPSA) is 78.1 Å². The highest BCUT2D eigenvalue weighted by atomic mass is 35.5. The Morgan fingerprint density at radius 2 is 1.92 bits per heavy atom. The van der Waals surface area contributed by atoms with Crippen LogP contribution in [0.25, 0.3) is 33.2 Å². The molecular weight excluding hydrogens is 508 g/mol. The molecule has 2 fully saturated rings.